The first kappa shape index (κ1) is 19.1. The second-order valence-electron chi connectivity index (χ2n) is 6.53. The molecule has 0 aromatic heterocycles. The Morgan fingerprint density at radius 1 is 1.33 bits per heavy atom. The third-order valence-corrected chi connectivity index (χ3v) is 5.44. The normalized spacial score (nSPS) is 20.1. The number of guanidine groups is 1. The number of thioether (sulfide) groups is 1. The summed E-state index contributed by atoms with van der Waals surface area (Å²) in [7, 11) is 1.85. The summed E-state index contributed by atoms with van der Waals surface area (Å²) >= 11 is 1.89. The van der Waals surface area contributed by atoms with Crippen LogP contribution in [0.25, 0.3) is 0 Å². The highest BCUT2D eigenvalue weighted by atomic mass is 32.2. The fourth-order valence-corrected chi connectivity index (χ4v) is 4.02. The number of hydrogen-bond donors (Lipinski definition) is 2. The second-order valence-corrected chi connectivity index (χ2v) is 8.04. The third kappa shape index (κ3) is 6.73. The largest absolute Gasteiger partial charge is 0.356 e. The molecule has 1 aromatic rings. The van der Waals surface area contributed by atoms with E-state index < -0.39 is 0 Å². The molecule has 5 heteroatoms. The monoisotopic (exact) mass is 348 g/mol. The lowest BCUT2D eigenvalue weighted by Gasteiger charge is -2.18. The Bertz CT molecular complexity index is 491. The van der Waals surface area contributed by atoms with Crippen molar-refractivity contribution in [2.45, 2.75) is 36.8 Å². The zero-order valence-electron chi connectivity index (χ0n) is 15.3. The molecular formula is C19H32N4S. The summed E-state index contributed by atoms with van der Waals surface area (Å²) in [5, 5.41) is 7.45. The van der Waals surface area contributed by atoms with Gasteiger partial charge in [0.2, 0.25) is 0 Å². The van der Waals surface area contributed by atoms with Crippen LogP contribution in [0.1, 0.15) is 26.7 Å². The highest BCUT2D eigenvalue weighted by Crippen LogP contribution is 2.21. The summed E-state index contributed by atoms with van der Waals surface area (Å²) in [6.45, 7) is 10.1. The van der Waals surface area contributed by atoms with Gasteiger partial charge in [0.1, 0.15) is 0 Å². The van der Waals surface area contributed by atoms with Crippen molar-refractivity contribution in [3.05, 3.63) is 30.3 Å². The average molecular weight is 349 g/mol. The Labute approximate surface area is 151 Å². The van der Waals surface area contributed by atoms with Gasteiger partial charge in [-0.1, -0.05) is 32.0 Å². The number of benzene rings is 1. The van der Waals surface area contributed by atoms with Crippen molar-refractivity contribution >= 4 is 17.7 Å². The van der Waals surface area contributed by atoms with E-state index in [2.05, 4.69) is 64.7 Å². The van der Waals surface area contributed by atoms with Crippen LogP contribution in [-0.2, 0) is 0 Å². The van der Waals surface area contributed by atoms with Crippen LogP contribution in [0.15, 0.2) is 40.2 Å². The Balaban J connectivity index is 1.65. The van der Waals surface area contributed by atoms with Crippen molar-refractivity contribution < 1.29 is 0 Å². The van der Waals surface area contributed by atoms with Gasteiger partial charge in [0.05, 0.1) is 0 Å². The van der Waals surface area contributed by atoms with E-state index in [4.69, 9.17) is 0 Å². The summed E-state index contributed by atoms with van der Waals surface area (Å²) < 4.78 is 0. The summed E-state index contributed by atoms with van der Waals surface area (Å²) in [6, 6.07) is 10.6. The smallest absolute Gasteiger partial charge is 0.191 e. The maximum absolute atomic E-state index is 4.35. The Kier molecular flexibility index (Phi) is 8.47. The molecule has 0 bridgehead atoms. The van der Waals surface area contributed by atoms with Gasteiger partial charge in [0, 0.05) is 36.8 Å². The van der Waals surface area contributed by atoms with E-state index in [0.29, 0.717) is 5.25 Å². The zero-order chi connectivity index (χ0) is 17.2. The summed E-state index contributed by atoms with van der Waals surface area (Å²) in [6.07, 6.45) is 2.55. The van der Waals surface area contributed by atoms with E-state index in [1.54, 1.807) is 0 Å². The first-order valence-electron chi connectivity index (χ1n) is 9.09. The maximum atomic E-state index is 4.35. The van der Waals surface area contributed by atoms with E-state index in [1.807, 2.05) is 18.8 Å². The van der Waals surface area contributed by atoms with E-state index in [0.717, 1.165) is 25.0 Å². The Hall–Kier alpha value is -1.20. The van der Waals surface area contributed by atoms with E-state index in [1.165, 1.54) is 37.4 Å². The molecule has 2 atom stereocenters. The lowest BCUT2D eigenvalue weighted by Crippen LogP contribution is -2.42. The minimum Gasteiger partial charge on any atom is -0.356 e. The molecule has 134 valence electrons. The molecule has 1 aliphatic heterocycles. The molecule has 1 aromatic carbocycles. The zero-order valence-corrected chi connectivity index (χ0v) is 16.1. The summed E-state index contributed by atoms with van der Waals surface area (Å²) in [5.74, 6) is 1.66. The minimum absolute atomic E-state index is 0.498. The van der Waals surface area contributed by atoms with Crippen molar-refractivity contribution in [2.24, 2.45) is 10.9 Å². The highest BCUT2D eigenvalue weighted by Gasteiger charge is 2.21. The van der Waals surface area contributed by atoms with Crippen molar-refractivity contribution in [3.8, 4) is 0 Å². The van der Waals surface area contributed by atoms with Crippen molar-refractivity contribution in [2.75, 3.05) is 39.8 Å². The van der Waals surface area contributed by atoms with Crippen LogP contribution in [-0.4, -0.2) is 55.9 Å². The fourth-order valence-electron chi connectivity index (χ4n) is 3.07. The summed E-state index contributed by atoms with van der Waals surface area (Å²) in [4.78, 5) is 8.24. The third-order valence-electron chi connectivity index (χ3n) is 4.33. The van der Waals surface area contributed by atoms with E-state index in [9.17, 15) is 0 Å². The van der Waals surface area contributed by atoms with Crippen LogP contribution < -0.4 is 10.6 Å². The lowest BCUT2D eigenvalue weighted by atomic mass is 10.1. The van der Waals surface area contributed by atoms with Gasteiger partial charge < -0.3 is 15.5 Å². The number of rotatable bonds is 8. The molecule has 4 nitrogen and oxygen atoms in total. The molecule has 2 unspecified atom stereocenters. The van der Waals surface area contributed by atoms with E-state index >= 15 is 0 Å². The van der Waals surface area contributed by atoms with Crippen molar-refractivity contribution in [1.82, 2.24) is 15.5 Å². The van der Waals surface area contributed by atoms with Gasteiger partial charge in [-0.2, -0.15) is 0 Å². The highest BCUT2D eigenvalue weighted by molar-refractivity contribution is 8.00. The maximum Gasteiger partial charge on any atom is 0.191 e. The molecule has 0 radical (unpaired) electrons. The Morgan fingerprint density at radius 2 is 2.12 bits per heavy atom. The number of aliphatic imine (C=N–C) groups is 1. The molecule has 0 saturated carbocycles. The van der Waals surface area contributed by atoms with Crippen LogP contribution in [0.2, 0.25) is 0 Å². The van der Waals surface area contributed by atoms with Gasteiger partial charge in [-0.15, -0.1) is 11.8 Å². The molecular weight excluding hydrogens is 316 g/mol. The van der Waals surface area contributed by atoms with E-state index in [-0.39, 0.29) is 0 Å². The topological polar surface area (TPSA) is 39.7 Å². The number of nitrogens with one attached hydrogen (secondary N) is 2. The van der Waals surface area contributed by atoms with Gasteiger partial charge >= 0.3 is 0 Å². The molecule has 1 saturated heterocycles. The van der Waals surface area contributed by atoms with Crippen molar-refractivity contribution in [3.63, 3.8) is 0 Å². The molecule has 1 aliphatic rings. The molecule has 0 spiro atoms. The minimum atomic E-state index is 0.498. The van der Waals surface area contributed by atoms with Crippen molar-refractivity contribution in [1.29, 1.82) is 0 Å². The predicted molar refractivity (Wildman–Crippen MR) is 106 cm³/mol. The van der Waals surface area contributed by atoms with Gasteiger partial charge in [0.25, 0.3) is 0 Å². The van der Waals surface area contributed by atoms with Crippen LogP contribution >= 0.6 is 11.8 Å². The molecule has 1 fully saturated rings. The summed E-state index contributed by atoms with van der Waals surface area (Å²) in [5.41, 5.74) is 0. The average Bonchev–Trinajstić information content (AvgIpc) is 3.04. The van der Waals surface area contributed by atoms with Crippen LogP contribution in [0.3, 0.4) is 0 Å². The van der Waals surface area contributed by atoms with Gasteiger partial charge in [-0.05, 0) is 44.0 Å². The standard InChI is InChI=1S/C19H32N4S/c1-4-11-23-12-10-17(15-23)14-22-19(20-3)21-13-16(2)24-18-8-6-5-7-9-18/h5-9,16-17H,4,10-15H2,1-3H3,(H2,20,21,22). The first-order valence-corrected chi connectivity index (χ1v) is 9.97. The van der Waals surface area contributed by atoms with Crippen LogP contribution in [0, 0.1) is 5.92 Å². The molecule has 2 rings (SSSR count). The molecule has 0 aliphatic carbocycles. The molecule has 1 heterocycles. The predicted octanol–water partition coefficient (Wildman–Crippen LogP) is 3.06. The van der Waals surface area contributed by atoms with Crippen LogP contribution in [0.5, 0.6) is 0 Å². The number of nitrogens with zero attached hydrogens (tertiary/aromatic N) is 2. The van der Waals surface area contributed by atoms with Gasteiger partial charge in [-0.3, -0.25) is 4.99 Å². The Morgan fingerprint density at radius 3 is 2.83 bits per heavy atom. The van der Waals surface area contributed by atoms with Gasteiger partial charge in [0.15, 0.2) is 5.96 Å². The molecule has 24 heavy (non-hydrogen) atoms. The van der Waals surface area contributed by atoms with Crippen LogP contribution in [0.4, 0.5) is 0 Å². The second kappa shape index (κ2) is 10.6. The lowest BCUT2D eigenvalue weighted by molar-refractivity contribution is 0.324. The fraction of sp³-hybridized carbons (Fsp3) is 0.632. The first-order chi connectivity index (χ1) is 11.7. The SMILES string of the molecule is CCCN1CCC(CNC(=NC)NCC(C)Sc2ccccc2)C1. The van der Waals surface area contributed by atoms with Gasteiger partial charge in [-0.25, -0.2) is 0 Å². The molecule has 2 N–H and O–H groups in total. The number of hydrogen-bond acceptors (Lipinski definition) is 3. The molecule has 0 amide bonds. The number of likely N-dealkylation sites (tertiary alicyclic amines) is 1. The quantitative estimate of drug-likeness (QED) is 0.430.